The molecule has 8 nitrogen and oxygen atoms in total. The molecule has 0 spiro atoms. The normalized spacial score (nSPS) is 11.1. The molecule has 0 aliphatic heterocycles. The Morgan fingerprint density at radius 1 is 1.03 bits per heavy atom. The Labute approximate surface area is 177 Å². The predicted molar refractivity (Wildman–Crippen MR) is 120 cm³/mol. The summed E-state index contributed by atoms with van der Waals surface area (Å²) in [7, 11) is 0. The number of aromatic nitrogens is 4. The molecule has 0 fully saturated rings. The summed E-state index contributed by atoms with van der Waals surface area (Å²) in [5.74, 6) is 1.59. The van der Waals surface area contributed by atoms with E-state index >= 15 is 0 Å². The van der Waals surface area contributed by atoms with E-state index in [2.05, 4.69) is 20.8 Å². The molecule has 0 saturated carbocycles. The molecule has 4 rings (SSSR count). The molecule has 1 amide bonds. The van der Waals surface area contributed by atoms with Gasteiger partial charge in [-0.1, -0.05) is 24.3 Å². The molecule has 0 saturated heterocycles. The molecule has 4 aromatic rings. The van der Waals surface area contributed by atoms with E-state index in [-0.39, 0.29) is 18.0 Å². The molecule has 2 heterocycles. The van der Waals surface area contributed by atoms with Crippen LogP contribution in [0.3, 0.4) is 0 Å². The van der Waals surface area contributed by atoms with Crippen molar-refractivity contribution in [1.29, 1.82) is 0 Å². The zero-order valence-corrected chi connectivity index (χ0v) is 17.6. The average Bonchev–Trinajstić information content (AvgIpc) is 3.10. The van der Waals surface area contributed by atoms with Gasteiger partial charge in [0.25, 0.3) is 11.5 Å². The highest BCUT2D eigenvalue weighted by atomic mass is 32.2. The fourth-order valence-corrected chi connectivity index (χ4v) is 3.89. The fourth-order valence-electron chi connectivity index (χ4n) is 3.41. The first-order valence-corrected chi connectivity index (χ1v) is 11.0. The molecule has 30 heavy (non-hydrogen) atoms. The summed E-state index contributed by atoms with van der Waals surface area (Å²) in [4.78, 5) is 34.5. The maximum atomic E-state index is 12.7. The third kappa shape index (κ3) is 3.76. The van der Waals surface area contributed by atoms with Gasteiger partial charge in [-0.3, -0.25) is 25.0 Å². The number of hydrogen-bond donors (Lipinski definition) is 2. The van der Waals surface area contributed by atoms with Crippen molar-refractivity contribution in [3.63, 3.8) is 0 Å². The number of para-hydroxylation sites is 3. The van der Waals surface area contributed by atoms with E-state index in [1.807, 2.05) is 54.1 Å². The molecule has 0 atom stereocenters. The zero-order valence-electron chi connectivity index (χ0n) is 16.8. The number of hydrogen-bond acceptors (Lipinski definition) is 6. The summed E-state index contributed by atoms with van der Waals surface area (Å²) in [5.41, 5.74) is 7.69. The largest absolute Gasteiger partial charge is 0.318 e. The van der Waals surface area contributed by atoms with Gasteiger partial charge in [-0.25, -0.2) is 9.97 Å². The Morgan fingerprint density at radius 2 is 1.77 bits per heavy atom. The standard InChI is InChI=1S/C21H22N6O2S/c1-3-26-20(29)14-8-4-5-9-15(14)23-21(26)25-24-19(28)12-27-17-11-7-6-10-16(17)22-18(27)13-30-2/h4-11H,3,12-13H2,1-2H3,(H,23,25)(H,24,28). The number of nitrogens with one attached hydrogen (secondary N) is 2. The summed E-state index contributed by atoms with van der Waals surface area (Å²) < 4.78 is 3.40. The van der Waals surface area contributed by atoms with Gasteiger partial charge in [-0.05, 0) is 37.4 Å². The number of rotatable bonds is 7. The van der Waals surface area contributed by atoms with Crippen LogP contribution in [0.25, 0.3) is 21.9 Å². The second-order valence-electron chi connectivity index (χ2n) is 6.71. The zero-order chi connectivity index (χ0) is 21.1. The van der Waals surface area contributed by atoms with Crippen molar-refractivity contribution >= 4 is 45.6 Å². The number of carbonyl (C=O) groups excluding carboxylic acids is 1. The molecule has 2 aromatic heterocycles. The quantitative estimate of drug-likeness (QED) is 0.445. The van der Waals surface area contributed by atoms with Gasteiger partial charge in [0.1, 0.15) is 12.4 Å². The fraction of sp³-hybridized carbons (Fsp3) is 0.238. The Hall–Kier alpha value is -3.33. The molecule has 0 radical (unpaired) electrons. The van der Waals surface area contributed by atoms with E-state index in [4.69, 9.17) is 0 Å². The van der Waals surface area contributed by atoms with Crippen LogP contribution in [-0.4, -0.2) is 31.3 Å². The number of anilines is 1. The van der Waals surface area contributed by atoms with E-state index in [9.17, 15) is 9.59 Å². The van der Waals surface area contributed by atoms with Crippen LogP contribution in [-0.2, 0) is 23.6 Å². The van der Waals surface area contributed by atoms with Crippen LogP contribution in [0.5, 0.6) is 0 Å². The van der Waals surface area contributed by atoms with Crippen LogP contribution >= 0.6 is 11.8 Å². The van der Waals surface area contributed by atoms with Gasteiger partial charge in [-0.15, -0.1) is 0 Å². The summed E-state index contributed by atoms with van der Waals surface area (Å²) in [6.45, 7) is 2.39. The lowest BCUT2D eigenvalue weighted by molar-refractivity contribution is -0.121. The molecule has 154 valence electrons. The third-order valence-corrected chi connectivity index (χ3v) is 5.35. The lowest BCUT2D eigenvalue weighted by Gasteiger charge is -2.15. The summed E-state index contributed by atoms with van der Waals surface area (Å²) in [6, 6.07) is 14.9. The van der Waals surface area contributed by atoms with Gasteiger partial charge in [0.2, 0.25) is 5.95 Å². The van der Waals surface area contributed by atoms with Crippen molar-refractivity contribution in [2.75, 3.05) is 11.7 Å². The number of amides is 1. The van der Waals surface area contributed by atoms with Crippen molar-refractivity contribution in [2.45, 2.75) is 25.8 Å². The molecule has 0 aliphatic rings. The van der Waals surface area contributed by atoms with Crippen molar-refractivity contribution in [3.8, 4) is 0 Å². The van der Waals surface area contributed by atoms with Crippen LogP contribution in [0.1, 0.15) is 12.7 Å². The molecular formula is C21H22N6O2S. The maximum absolute atomic E-state index is 12.7. The van der Waals surface area contributed by atoms with Crippen molar-refractivity contribution < 1.29 is 4.79 Å². The highest BCUT2D eigenvalue weighted by Crippen LogP contribution is 2.19. The van der Waals surface area contributed by atoms with Crippen LogP contribution < -0.4 is 16.4 Å². The predicted octanol–water partition coefficient (Wildman–Crippen LogP) is 2.77. The minimum Gasteiger partial charge on any atom is -0.318 e. The van der Waals surface area contributed by atoms with Gasteiger partial charge in [0.15, 0.2) is 0 Å². The monoisotopic (exact) mass is 422 g/mol. The number of hydrazine groups is 1. The smallest absolute Gasteiger partial charge is 0.262 e. The Bertz CT molecular complexity index is 1280. The first-order chi connectivity index (χ1) is 14.6. The lowest BCUT2D eigenvalue weighted by atomic mass is 10.2. The summed E-state index contributed by atoms with van der Waals surface area (Å²) in [5, 5.41) is 0.544. The van der Waals surface area contributed by atoms with E-state index in [1.54, 1.807) is 23.9 Å². The van der Waals surface area contributed by atoms with Gasteiger partial charge in [-0.2, -0.15) is 11.8 Å². The first-order valence-electron chi connectivity index (χ1n) is 9.60. The van der Waals surface area contributed by atoms with E-state index in [0.717, 1.165) is 16.9 Å². The average molecular weight is 423 g/mol. The second-order valence-corrected chi connectivity index (χ2v) is 7.58. The first kappa shape index (κ1) is 20.0. The second kappa shape index (κ2) is 8.58. The number of imidazole rings is 1. The topological polar surface area (TPSA) is 93.8 Å². The van der Waals surface area contributed by atoms with Crippen LogP contribution in [0.4, 0.5) is 5.95 Å². The van der Waals surface area contributed by atoms with Crippen molar-refractivity contribution in [3.05, 3.63) is 64.7 Å². The Morgan fingerprint density at radius 3 is 2.53 bits per heavy atom. The Balaban J connectivity index is 1.57. The van der Waals surface area contributed by atoms with Crippen LogP contribution in [0.2, 0.25) is 0 Å². The highest BCUT2D eigenvalue weighted by molar-refractivity contribution is 7.97. The number of benzene rings is 2. The maximum Gasteiger partial charge on any atom is 0.262 e. The Kier molecular flexibility index (Phi) is 5.71. The van der Waals surface area contributed by atoms with Crippen LogP contribution in [0.15, 0.2) is 53.3 Å². The minimum absolute atomic E-state index is 0.105. The number of fused-ring (bicyclic) bond motifs is 2. The van der Waals surface area contributed by atoms with Gasteiger partial charge in [0.05, 0.1) is 27.7 Å². The highest BCUT2D eigenvalue weighted by Gasteiger charge is 2.14. The van der Waals surface area contributed by atoms with Gasteiger partial charge in [0, 0.05) is 6.54 Å². The third-order valence-electron chi connectivity index (χ3n) is 4.80. The molecule has 2 aromatic carbocycles. The SMILES string of the molecule is CCn1c(NNC(=O)Cn2c(CSC)nc3ccccc32)nc2ccccc2c1=O. The summed E-state index contributed by atoms with van der Waals surface area (Å²) >= 11 is 1.65. The molecule has 2 N–H and O–H groups in total. The van der Waals surface area contributed by atoms with Crippen molar-refractivity contribution in [2.24, 2.45) is 0 Å². The van der Waals surface area contributed by atoms with Gasteiger partial charge >= 0.3 is 0 Å². The van der Waals surface area contributed by atoms with Crippen molar-refractivity contribution in [1.82, 2.24) is 24.5 Å². The minimum atomic E-state index is -0.259. The van der Waals surface area contributed by atoms with Crippen LogP contribution in [0, 0.1) is 0 Å². The number of nitrogens with zero attached hydrogens (tertiary/aromatic N) is 4. The number of thioether (sulfide) groups is 1. The molecule has 0 unspecified atom stereocenters. The summed E-state index contributed by atoms with van der Waals surface area (Å²) in [6.07, 6.45) is 2.00. The number of carbonyl (C=O) groups is 1. The molecule has 0 bridgehead atoms. The molecule has 0 aliphatic carbocycles. The molecule has 9 heteroatoms. The van der Waals surface area contributed by atoms with Gasteiger partial charge < -0.3 is 4.57 Å². The van der Waals surface area contributed by atoms with E-state index in [0.29, 0.717) is 29.1 Å². The molecular weight excluding hydrogens is 400 g/mol. The van der Waals surface area contributed by atoms with E-state index < -0.39 is 0 Å². The van der Waals surface area contributed by atoms with E-state index in [1.165, 1.54) is 4.57 Å². The lowest BCUT2D eigenvalue weighted by Crippen LogP contribution is -2.36.